The van der Waals surface area contributed by atoms with Gasteiger partial charge < -0.3 is 4.74 Å². The highest BCUT2D eigenvalue weighted by Gasteiger charge is 2.12. The van der Waals surface area contributed by atoms with Crippen LogP contribution in [-0.4, -0.2) is 18.9 Å². The summed E-state index contributed by atoms with van der Waals surface area (Å²) in [4.78, 5) is 22.2. The number of esters is 1. The number of ketones is 1. The zero-order valence-electron chi connectivity index (χ0n) is 8.59. The van der Waals surface area contributed by atoms with Crippen molar-refractivity contribution in [1.82, 2.24) is 0 Å². The molecule has 0 saturated carbocycles. The van der Waals surface area contributed by atoms with E-state index < -0.39 is 5.97 Å². The highest BCUT2D eigenvalue weighted by atomic mass is 79.9. The lowest BCUT2D eigenvalue weighted by molar-refractivity contribution is -0.142. The number of allylic oxidation sites excluding steroid dienone is 4. The second kappa shape index (κ2) is 5.85. The summed E-state index contributed by atoms with van der Waals surface area (Å²) in [6.45, 7) is 0. The van der Waals surface area contributed by atoms with E-state index in [1.54, 1.807) is 0 Å². The molecule has 0 heterocycles. The van der Waals surface area contributed by atoms with Crippen molar-refractivity contribution < 1.29 is 14.3 Å². The monoisotopic (exact) mass is 272 g/mol. The van der Waals surface area contributed by atoms with E-state index in [1.165, 1.54) is 13.2 Å². The Labute approximate surface area is 97.3 Å². The molecule has 0 atom stereocenters. The van der Waals surface area contributed by atoms with E-state index >= 15 is 0 Å². The van der Waals surface area contributed by atoms with Gasteiger partial charge in [0.15, 0.2) is 5.78 Å². The van der Waals surface area contributed by atoms with E-state index in [4.69, 9.17) is 0 Å². The molecule has 0 saturated heterocycles. The molecule has 0 unspecified atom stereocenters. The minimum atomic E-state index is -0.493. The summed E-state index contributed by atoms with van der Waals surface area (Å²) >= 11 is 3.39. The Bertz CT molecular complexity index is 329. The summed E-state index contributed by atoms with van der Waals surface area (Å²) in [5.41, 5.74) is 0.968. The van der Waals surface area contributed by atoms with Gasteiger partial charge in [-0.15, -0.1) is 0 Å². The van der Waals surface area contributed by atoms with Crippen LogP contribution >= 0.6 is 15.9 Å². The molecule has 0 N–H and O–H groups in total. The molecule has 15 heavy (non-hydrogen) atoms. The molecule has 1 aliphatic carbocycles. The zero-order valence-corrected chi connectivity index (χ0v) is 10.2. The van der Waals surface area contributed by atoms with Crippen LogP contribution in [-0.2, 0) is 14.3 Å². The van der Waals surface area contributed by atoms with Crippen LogP contribution in [0.5, 0.6) is 0 Å². The predicted molar refractivity (Wildman–Crippen MR) is 60.6 cm³/mol. The van der Waals surface area contributed by atoms with E-state index in [1.807, 2.05) is 6.08 Å². The van der Waals surface area contributed by atoms with Gasteiger partial charge >= 0.3 is 5.97 Å². The molecule has 82 valence electrons. The number of ether oxygens (including phenoxy) is 1. The standard InChI is InChI=1S/C11H13BrO3/c1-15-11(14)7-9(13)6-8-4-2-3-5-10(8)12/h5-6H,2-4,7H2,1H3/b8-6+. The number of rotatable bonds is 3. The third-order valence-electron chi connectivity index (χ3n) is 2.16. The molecule has 0 aromatic heterocycles. The molecule has 0 bridgehead atoms. The zero-order chi connectivity index (χ0) is 11.3. The minimum absolute atomic E-state index is 0.180. The molecule has 0 spiro atoms. The van der Waals surface area contributed by atoms with Crippen molar-refractivity contribution in [3.05, 3.63) is 22.2 Å². The van der Waals surface area contributed by atoms with Gasteiger partial charge in [0.1, 0.15) is 6.42 Å². The number of hydrogen-bond donors (Lipinski definition) is 0. The number of carbonyl (C=O) groups is 2. The van der Waals surface area contributed by atoms with E-state index in [0.29, 0.717) is 0 Å². The molecule has 0 radical (unpaired) electrons. The average molecular weight is 273 g/mol. The molecule has 1 aliphatic rings. The van der Waals surface area contributed by atoms with Gasteiger partial charge in [0, 0.05) is 4.48 Å². The van der Waals surface area contributed by atoms with Crippen molar-refractivity contribution in [1.29, 1.82) is 0 Å². The number of halogens is 1. The number of carbonyl (C=O) groups excluding carboxylic acids is 2. The Morgan fingerprint density at radius 1 is 1.60 bits per heavy atom. The maximum Gasteiger partial charge on any atom is 0.313 e. The van der Waals surface area contributed by atoms with Crippen LogP contribution in [0.3, 0.4) is 0 Å². The predicted octanol–water partition coefficient (Wildman–Crippen LogP) is 2.51. The van der Waals surface area contributed by atoms with Crippen molar-refractivity contribution in [2.75, 3.05) is 7.11 Å². The fourth-order valence-corrected chi connectivity index (χ4v) is 1.91. The Kier molecular flexibility index (Phi) is 4.75. The summed E-state index contributed by atoms with van der Waals surface area (Å²) < 4.78 is 5.39. The van der Waals surface area contributed by atoms with Gasteiger partial charge in [-0.05, 0) is 30.9 Å². The Morgan fingerprint density at radius 3 is 2.93 bits per heavy atom. The summed E-state index contributed by atoms with van der Waals surface area (Å²) in [6, 6.07) is 0. The molecule has 0 amide bonds. The fraction of sp³-hybridized carbons (Fsp3) is 0.455. The lowest BCUT2D eigenvalue weighted by Gasteiger charge is -2.11. The Hall–Kier alpha value is -0.900. The van der Waals surface area contributed by atoms with Gasteiger partial charge in [-0.25, -0.2) is 0 Å². The van der Waals surface area contributed by atoms with Crippen LogP contribution in [0.4, 0.5) is 0 Å². The molecule has 3 nitrogen and oxygen atoms in total. The van der Waals surface area contributed by atoms with E-state index in [-0.39, 0.29) is 12.2 Å². The van der Waals surface area contributed by atoms with Gasteiger partial charge in [0.05, 0.1) is 7.11 Å². The molecule has 0 aromatic carbocycles. The topological polar surface area (TPSA) is 43.4 Å². The molecule has 0 aliphatic heterocycles. The number of methoxy groups -OCH3 is 1. The summed E-state index contributed by atoms with van der Waals surface area (Å²) in [6.07, 6.45) is 6.34. The maximum atomic E-state index is 11.4. The molecule has 4 heteroatoms. The normalized spacial score (nSPS) is 18.5. The summed E-state index contributed by atoms with van der Waals surface area (Å²) in [7, 11) is 1.28. The third-order valence-corrected chi connectivity index (χ3v) is 3.00. The summed E-state index contributed by atoms with van der Waals surface area (Å²) in [5, 5.41) is 0. The number of hydrogen-bond acceptors (Lipinski definition) is 3. The van der Waals surface area contributed by atoms with Crippen molar-refractivity contribution >= 4 is 27.7 Å². The van der Waals surface area contributed by atoms with Gasteiger partial charge in [0.25, 0.3) is 0 Å². The van der Waals surface area contributed by atoms with Gasteiger partial charge in [0.2, 0.25) is 0 Å². The van der Waals surface area contributed by atoms with Crippen LogP contribution in [0.1, 0.15) is 25.7 Å². The molecule has 1 rings (SSSR count). The van der Waals surface area contributed by atoms with Crippen LogP contribution in [0.15, 0.2) is 22.2 Å². The highest BCUT2D eigenvalue weighted by Crippen LogP contribution is 2.28. The second-order valence-electron chi connectivity index (χ2n) is 3.33. The smallest absolute Gasteiger partial charge is 0.313 e. The molecular formula is C11H13BrO3. The van der Waals surface area contributed by atoms with Crippen molar-refractivity contribution in [3.8, 4) is 0 Å². The van der Waals surface area contributed by atoms with Gasteiger partial charge in [-0.2, -0.15) is 0 Å². The summed E-state index contributed by atoms with van der Waals surface area (Å²) in [5.74, 6) is -0.697. The second-order valence-corrected chi connectivity index (χ2v) is 4.19. The Balaban J connectivity index is 2.62. The van der Waals surface area contributed by atoms with E-state index in [2.05, 4.69) is 20.7 Å². The SMILES string of the molecule is COC(=O)CC(=O)/C=C1\CCCC=C1Br. The van der Waals surface area contributed by atoms with Crippen molar-refractivity contribution in [2.24, 2.45) is 0 Å². The van der Waals surface area contributed by atoms with E-state index in [9.17, 15) is 9.59 Å². The lowest BCUT2D eigenvalue weighted by atomic mass is 10.0. The Morgan fingerprint density at radius 2 is 2.33 bits per heavy atom. The van der Waals surface area contributed by atoms with E-state index in [0.717, 1.165) is 29.3 Å². The van der Waals surface area contributed by atoms with Gasteiger partial charge in [-0.3, -0.25) is 9.59 Å². The van der Waals surface area contributed by atoms with Gasteiger partial charge in [-0.1, -0.05) is 22.0 Å². The largest absolute Gasteiger partial charge is 0.469 e. The first-order chi connectivity index (χ1) is 7.13. The van der Waals surface area contributed by atoms with Crippen LogP contribution in [0.2, 0.25) is 0 Å². The molecule has 0 aromatic rings. The average Bonchev–Trinajstić information content (AvgIpc) is 2.21. The van der Waals surface area contributed by atoms with Crippen LogP contribution < -0.4 is 0 Å². The first-order valence-corrected chi connectivity index (χ1v) is 5.59. The molecule has 0 fully saturated rings. The van der Waals surface area contributed by atoms with Crippen molar-refractivity contribution in [3.63, 3.8) is 0 Å². The molecular weight excluding hydrogens is 260 g/mol. The first kappa shape index (κ1) is 12.2. The lowest BCUT2D eigenvalue weighted by Crippen LogP contribution is -2.08. The van der Waals surface area contributed by atoms with Crippen LogP contribution in [0, 0.1) is 0 Å². The maximum absolute atomic E-state index is 11.4. The third kappa shape index (κ3) is 4.00. The highest BCUT2D eigenvalue weighted by molar-refractivity contribution is 9.12. The van der Waals surface area contributed by atoms with Crippen molar-refractivity contribution in [2.45, 2.75) is 25.7 Å². The fourth-order valence-electron chi connectivity index (χ4n) is 1.37. The quantitative estimate of drug-likeness (QED) is 0.451. The van der Waals surface area contributed by atoms with Crippen LogP contribution in [0.25, 0.3) is 0 Å². The minimum Gasteiger partial charge on any atom is -0.469 e. The first-order valence-electron chi connectivity index (χ1n) is 4.79.